The lowest BCUT2D eigenvalue weighted by molar-refractivity contribution is -0.909. The van der Waals surface area contributed by atoms with Gasteiger partial charge in [0.25, 0.3) is 17.1 Å². The smallest absolute Gasteiger partial charge is 0.409 e. The van der Waals surface area contributed by atoms with Gasteiger partial charge in [-0.2, -0.15) is 0 Å². The van der Waals surface area contributed by atoms with Crippen LogP contribution in [0.25, 0.3) is 0 Å². The fourth-order valence-electron chi connectivity index (χ4n) is 3.13. The highest BCUT2D eigenvalue weighted by atomic mass is 16.6. The highest BCUT2D eigenvalue weighted by molar-refractivity contribution is 5.67. The van der Waals surface area contributed by atoms with E-state index in [0.29, 0.717) is 25.3 Å². The fraction of sp³-hybridized carbons (Fsp3) is 0.652. The van der Waals surface area contributed by atoms with Crippen molar-refractivity contribution in [3.05, 3.63) is 42.5 Å². The monoisotopic (exact) mass is 590 g/mol. The standard InChI is InChI=1S/C17H38N4O4.C6H3N3O7/c1-18(2)16(22)24-14-12-20(5,6)10-9-11-21(7,8)13-15-25-17(23)19(3)4;10-6-4(8(13)14)1-3(7(11)12)2-5(6)9(15)16/h9-15H2,1-8H3;1-2,10H/q+2;/p-1. The van der Waals surface area contributed by atoms with Crippen molar-refractivity contribution in [2.45, 2.75) is 6.42 Å². The molecule has 0 aliphatic carbocycles. The van der Waals surface area contributed by atoms with E-state index in [4.69, 9.17) is 9.47 Å². The molecule has 0 heterocycles. The van der Waals surface area contributed by atoms with Gasteiger partial charge in [-0.1, -0.05) is 0 Å². The van der Waals surface area contributed by atoms with Gasteiger partial charge in [0.1, 0.15) is 26.3 Å². The normalized spacial score (nSPS) is 11.0. The third-order valence-corrected chi connectivity index (χ3v) is 5.74. The van der Waals surface area contributed by atoms with Crippen LogP contribution in [0.15, 0.2) is 12.1 Å². The molecule has 0 N–H and O–H groups in total. The van der Waals surface area contributed by atoms with E-state index in [9.17, 15) is 45.0 Å². The molecule has 18 heteroatoms. The summed E-state index contributed by atoms with van der Waals surface area (Å²) in [6.07, 6.45) is 0.443. The Bertz CT molecular complexity index is 1020. The number of rotatable bonds is 13. The molecular weight excluding hydrogens is 550 g/mol. The molecule has 0 unspecified atom stereocenters. The summed E-state index contributed by atoms with van der Waals surface area (Å²) in [5, 5.41) is 42.1. The van der Waals surface area contributed by atoms with Crippen molar-refractivity contribution in [3.63, 3.8) is 0 Å². The summed E-state index contributed by atoms with van der Waals surface area (Å²) in [4.78, 5) is 53.2. The molecule has 2 amide bonds. The van der Waals surface area contributed by atoms with Crippen molar-refractivity contribution < 1.29 is 47.9 Å². The van der Waals surface area contributed by atoms with Crippen LogP contribution < -0.4 is 5.11 Å². The Labute approximate surface area is 237 Å². The maximum absolute atomic E-state index is 11.4. The van der Waals surface area contributed by atoms with Gasteiger partial charge < -0.3 is 33.3 Å². The first kappa shape index (κ1) is 36.7. The van der Waals surface area contributed by atoms with Gasteiger partial charge >= 0.3 is 12.2 Å². The highest BCUT2D eigenvalue weighted by Crippen LogP contribution is 2.36. The summed E-state index contributed by atoms with van der Waals surface area (Å²) in [6, 6.07) is 0.769. The largest absolute Gasteiger partial charge is 0.863 e. The molecule has 0 aliphatic rings. The second kappa shape index (κ2) is 16.1. The lowest BCUT2D eigenvalue weighted by Gasteiger charge is -2.33. The summed E-state index contributed by atoms with van der Waals surface area (Å²) in [6.45, 7) is 4.41. The van der Waals surface area contributed by atoms with Crippen molar-refractivity contribution in [1.82, 2.24) is 9.80 Å². The van der Waals surface area contributed by atoms with E-state index in [2.05, 4.69) is 28.2 Å². The maximum atomic E-state index is 11.4. The van der Waals surface area contributed by atoms with E-state index in [1.807, 2.05) is 0 Å². The quantitative estimate of drug-likeness (QED) is 0.182. The highest BCUT2D eigenvalue weighted by Gasteiger charge is 2.24. The van der Waals surface area contributed by atoms with Crippen LogP contribution in [0.1, 0.15) is 6.42 Å². The van der Waals surface area contributed by atoms with Gasteiger partial charge in [0.15, 0.2) is 0 Å². The lowest BCUT2D eigenvalue weighted by atomic mass is 10.2. The molecule has 0 saturated heterocycles. The third-order valence-electron chi connectivity index (χ3n) is 5.74. The molecular formula is C23H40N7O11+. The van der Waals surface area contributed by atoms with Gasteiger partial charge in [-0.15, -0.1) is 0 Å². The Hall–Kier alpha value is -4.32. The first-order valence-corrected chi connectivity index (χ1v) is 12.3. The summed E-state index contributed by atoms with van der Waals surface area (Å²) < 4.78 is 12.0. The Morgan fingerprint density at radius 1 is 0.707 bits per heavy atom. The number of amides is 2. The van der Waals surface area contributed by atoms with Crippen molar-refractivity contribution in [1.29, 1.82) is 0 Å². The van der Waals surface area contributed by atoms with Gasteiger partial charge in [0.05, 0.1) is 73.9 Å². The van der Waals surface area contributed by atoms with Gasteiger partial charge in [0.2, 0.25) is 0 Å². The van der Waals surface area contributed by atoms with Crippen LogP contribution in [0, 0.1) is 30.3 Å². The predicted octanol–water partition coefficient (Wildman–Crippen LogP) is 1.41. The molecule has 0 bridgehead atoms. The molecule has 41 heavy (non-hydrogen) atoms. The number of non-ortho nitro benzene ring substituents is 1. The van der Waals surface area contributed by atoms with Crippen LogP contribution in [-0.4, -0.2) is 141 Å². The van der Waals surface area contributed by atoms with Crippen LogP contribution in [0.2, 0.25) is 0 Å². The molecule has 1 rings (SSSR count). The van der Waals surface area contributed by atoms with E-state index in [0.717, 1.165) is 41.6 Å². The number of quaternary nitrogens is 2. The Kier molecular flexibility index (Phi) is 14.4. The van der Waals surface area contributed by atoms with Gasteiger partial charge in [-0.05, 0) is 0 Å². The third kappa shape index (κ3) is 14.0. The van der Waals surface area contributed by atoms with Gasteiger partial charge in [0, 0.05) is 34.6 Å². The van der Waals surface area contributed by atoms with Crippen molar-refractivity contribution in [2.24, 2.45) is 0 Å². The van der Waals surface area contributed by atoms with Crippen molar-refractivity contribution >= 4 is 29.2 Å². The number of nitro groups is 3. The number of carbonyl (C=O) groups excluding carboxylic acids is 2. The molecule has 0 spiro atoms. The van der Waals surface area contributed by atoms with E-state index in [-0.39, 0.29) is 12.2 Å². The van der Waals surface area contributed by atoms with Crippen molar-refractivity contribution in [3.8, 4) is 5.75 Å². The SMILES string of the molecule is CN(C)C(=O)OCC[N+](C)(C)CCC[N+](C)(C)CCOC(=O)N(C)C.O=[N+]([O-])c1cc([N+](=O)[O-])c([O-])c([N+](=O)[O-])c1. The van der Waals surface area contributed by atoms with Crippen molar-refractivity contribution in [2.75, 3.05) is 95.8 Å². The number of carbonyl (C=O) groups is 2. The van der Waals surface area contributed by atoms with E-state index in [1.165, 1.54) is 9.80 Å². The van der Waals surface area contributed by atoms with Gasteiger partial charge in [-0.3, -0.25) is 30.3 Å². The van der Waals surface area contributed by atoms with Gasteiger partial charge in [-0.25, -0.2) is 9.59 Å². The number of ether oxygens (including phenoxy) is 2. The van der Waals surface area contributed by atoms with E-state index < -0.39 is 37.6 Å². The minimum absolute atomic E-state index is 0.301. The van der Waals surface area contributed by atoms with Crippen LogP contribution in [0.3, 0.4) is 0 Å². The van der Waals surface area contributed by atoms with Crippen LogP contribution in [0.4, 0.5) is 26.7 Å². The van der Waals surface area contributed by atoms with Crippen LogP contribution in [-0.2, 0) is 9.47 Å². The van der Waals surface area contributed by atoms with Crippen LogP contribution >= 0.6 is 0 Å². The molecule has 0 fully saturated rings. The molecule has 1 aromatic carbocycles. The zero-order valence-electron chi connectivity index (χ0n) is 24.7. The number of nitrogens with zero attached hydrogens (tertiary/aromatic N) is 7. The summed E-state index contributed by atoms with van der Waals surface area (Å²) in [7, 11) is 15.3. The predicted molar refractivity (Wildman–Crippen MR) is 144 cm³/mol. The lowest BCUT2D eigenvalue weighted by Crippen LogP contribution is -2.48. The number of likely N-dealkylation sites (N-methyl/N-ethyl adjacent to an activating group) is 2. The average molecular weight is 591 g/mol. The fourth-order valence-corrected chi connectivity index (χ4v) is 3.13. The summed E-state index contributed by atoms with van der Waals surface area (Å²) in [5.74, 6) is -1.46. The molecule has 0 saturated carbocycles. The number of nitro benzene ring substituents is 3. The average Bonchev–Trinajstić information content (AvgIpc) is 2.83. The number of benzene rings is 1. The zero-order valence-corrected chi connectivity index (χ0v) is 24.7. The minimum Gasteiger partial charge on any atom is -0.863 e. The van der Waals surface area contributed by atoms with E-state index in [1.54, 1.807) is 28.2 Å². The molecule has 0 radical (unpaired) electrons. The molecule has 1 aromatic rings. The Balaban J connectivity index is 0.000000856. The summed E-state index contributed by atoms with van der Waals surface area (Å²) >= 11 is 0. The molecule has 232 valence electrons. The second-order valence-electron chi connectivity index (χ2n) is 10.7. The number of hydrogen-bond donors (Lipinski definition) is 0. The Morgan fingerprint density at radius 2 is 1.05 bits per heavy atom. The molecule has 0 aromatic heterocycles. The molecule has 18 nitrogen and oxygen atoms in total. The number of hydrogen-bond acceptors (Lipinski definition) is 11. The Morgan fingerprint density at radius 3 is 1.32 bits per heavy atom. The zero-order chi connectivity index (χ0) is 32.1. The second-order valence-corrected chi connectivity index (χ2v) is 10.7. The van der Waals surface area contributed by atoms with E-state index >= 15 is 0 Å². The maximum Gasteiger partial charge on any atom is 0.409 e. The topological polar surface area (TPSA) is 212 Å². The molecule has 0 aliphatic heterocycles. The molecule has 0 atom stereocenters. The van der Waals surface area contributed by atoms with Crippen LogP contribution in [0.5, 0.6) is 5.75 Å². The first-order valence-electron chi connectivity index (χ1n) is 12.3. The minimum atomic E-state index is -1.46. The summed E-state index contributed by atoms with van der Waals surface area (Å²) in [5.41, 5.74) is -3.26. The first-order chi connectivity index (χ1) is 18.7.